The highest BCUT2D eigenvalue weighted by atomic mass is 79.9. The van der Waals surface area contributed by atoms with Gasteiger partial charge in [0.05, 0.1) is 12.4 Å². The zero-order valence-electron chi connectivity index (χ0n) is 14.6. The summed E-state index contributed by atoms with van der Waals surface area (Å²) in [5.74, 6) is 1.09. The van der Waals surface area contributed by atoms with Crippen LogP contribution in [0.2, 0.25) is 0 Å². The minimum Gasteiger partial charge on any atom is -0.491 e. The van der Waals surface area contributed by atoms with E-state index in [0.717, 1.165) is 31.9 Å². The molecule has 6 heteroatoms. The first-order valence-corrected chi connectivity index (χ1v) is 9.68. The van der Waals surface area contributed by atoms with Crippen molar-refractivity contribution in [3.8, 4) is 5.75 Å². The van der Waals surface area contributed by atoms with Gasteiger partial charge in [0.15, 0.2) is 0 Å². The van der Waals surface area contributed by atoms with Crippen LogP contribution < -0.4 is 10.1 Å². The Morgan fingerprint density at radius 2 is 1.84 bits per heavy atom. The molecule has 4 nitrogen and oxygen atoms in total. The number of nitrogens with one attached hydrogen (secondary N) is 1. The number of thioether (sulfide) groups is 1. The number of methoxy groups -OCH3 is 1. The Morgan fingerprint density at radius 3 is 2.52 bits per heavy atom. The molecule has 0 aliphatic rings. The van der Waals surface area contributed by atoms with E-state index < -0.39 is 0 Å². The van der Waals surface area contributed by atoms with Crippen LogP contribution >= 0.6 is 27.7 Å². The number of ether oxygens (including phenoxy) is 2. The van der Waals surface area contributed by atoms with E-state index in [2.05, 4.69) is 33.4 Å². The summed E-state index contributed by atoms with van der Waals surface area (Å²) in [5, 5.41) is 2.90. The number of hydrogen-bond acceptors (Lipinski definition) is 4. The van der Waals surface area contributed by atoms with Crippen LogP contribution in [0.5, 0.6) is 5.75 Å². The molecule has 0 saturated heterocycles. The topological polar surface area (TPSA) is 47.6 Å². The highest BCUT2D eigenvalue weighted by Gasteiger charge is 2.08. The zero-order chi connectivity index (χ0) is 18.2. The summed E-state index contributed by atoms with van der Waals surface area (Å²) >= 11 is 5.07. The highest BCUT2D eigenvalue weighted by molar-refractivity contribution is 9.10. The van der Waals surface area contributed by atoms with Crippen LogP contribution in [-0.2, 0) is 9.53 Å². The first-order valence-electron chi connectivity index (χ1n) is 7.91. The van der Waals surface area contributed by atoms with E-state index in [0.29, 0.717) is 19.0 Å². The van der Waals surface area contributed by atoms with Crippen molar-refractivity contribution in [2.24, 2.45) is 0 Å². The Labute approximate surface area is 161 Å². The summed E-state index contributed by atoms with van der Waals surface area (Å²) in [6, 6.07) is 11.5. The van der Waals surface area contributed by atoms with Gasteiger partial charge in [-0.25, -0.2) is 0 Å². The summed E-state index contributed by atoms with van der Waals surface area (Å²) in [6.07, 6.45) is 0. The quantitative estimate of drug-likeness (QED) is 0.488. The van der Waals surface area contributed by atoms with Gasteiger partial charge >= 0.3 is 0 Å². The molecule has 1 N–H and O–H groups in total. The molecule has 0 fully saturated rings. The van der Waals surface area contributed by atoms with Crippen molar-refractivity contribution in [2.75, 3.05) is 31.4 Å². The van der Waals surface area contributed by atoms with Crippen molar-refractivity contribution in [1.29, 1.82) is 0 Å². The third kappa shape index (κ3) is 6.38. The SMILES string of the molecule is COCCOc1ccc(NC(=O)CSc2cc(C)c(Br)cc2C)cc1. The van der Waals surface area contributed by atoms with Crippen LogP contribution in [0.1, 0.15) is 11.1 Å². The molecule has 2 rings (SSSR count). The lowest BCUT2D eigenvalue weighted by atomic mass is 10.2. The number of hydrogen-bond donors (Lipinski definition) is 1. The molecule has 25 heavy (non-hydrogen) atoms. The average molecular weight is 424 g/mol. The molecule has 0 heterocycles. The van der Waals surface area contributed by atoms with Crippen LogP contribution in [0, 0.1) is 13.8 Å². The Bertz CT molecular complexity index is 719. The molecule has 2 aromatic carbocycles. The molecule has 0 bridgehead atoms. The van der Waals surface area contributed by atoms with Gasteiger partial charge in [-0.05, 0) is 61.4 Å². The van der Waals surface area contributed by atoms with Crippen molar-refractivity contribution in [3.05, 3.63) is 52.0 Å². The van der Waals surface area contributed by atoms with E-state index >= 15 is 0 Å². The molecule has 0 aromatic heterocycles. The van der Waals surface area contributed by atoms with Crippen LogP contribution in [-0.4, -0.2) is 32.0 Å². The van der Waals surface area contributed by atoms with Crippen molar-refractivity contribution < 1.29 is 14.3 Å². The normalized spacial score (nSPS) is 10.6. The summed E-state index contributed by atoms with van der Waals surface area (Å²) in [4.78, 5) is 13.3. The number of amides is 1. The smallest absolute Gasteiger partial charge is 0.234 e. The predicted molar refractivity (Wildman–Crippen MR) is 107 cm³/mol. The molecule has 0 aliphatic heterocycles. The molecule has 134 valence electrons. The summed E-state index contributed by atoms with van der Waals surface area (Å²) in [5.41, 5.74) is 3.08. The second-order valence-corrected chi connectivity index (χ2v) is 7.44. The Hall–Kier alpha value is -1.50. The largest absolute Gasteiger partial charge is 0.491 e. The van der Waals surface area contributed by atoms with Crippen LogP contribution in [0.4, 0.5) is 5.69 Å². The van der Waals surface area contributed by atoms with Gasteiger partial charge in [-0.2, -0.15) is 0 Å². The molecule has 1 amide bonds. The summed E-state index contributed by atoms with van der Waals surface area (Å²) < 4.78 is 11.5. The molecule has 2 aromatic rings. The third-order valence-corrected chi connectivity index (χ3v) is 5.52. The summed E-state index contributed by atoms with van der Waals surface area (Å²) in [7, 11) is 1.64. The molecule has 0 radical (unpaired) electrons. The second-order valence-electron chi connectivity index (χ2n) is 5.57. The van der Waals surface area contributed by atoms with E-state index in [9.17, 15) is 4.79 Å². The fourth-order valence-electron chi connectivity index (χ4n) is 2.13. The molecule has 0 aliphatic carbocycles. The fraction of sp³-hybridized carbons (Fsp3) is 0.316. The predicted octanol–water partition coefficient (Wildman–Crippen LogP) is 4.82. The monoisotopic (exact) mass is 423 g/mol. The van der Waals surface area contributed by atoms with Gasteiger partial charge in [-0.15, -0.1) is 11.8 Å². The van der Waals surface area contributed by atoms with E-state index in [-0.39, 0.29) is 5.91 Å². The third-order valence-electron chi connectivity index (χ3n) is 3.51. The van der Waals surface area contributed by atoms with Gasteiger partial charge in [-0.1, -0.05) is 15.9 Å². The highest BCUT2D eigenvalue weighted by Crippen LogP contribution is 2.28. The Kier molecular flexibility index (Phi) is 7.81. The first-order chi connectivity index (χ1) is 12.0. The summed E-state index contributed by atoms with van der Waals surface area (Å²) in [6.45, 7) is 5.14. The van der Waals surface area contributed by atoms with E-state index in [1.165, 1.54) is 0 Å². The molecular formula is C19H22BrNO3S. The molecule has 0 saturated carbocycles. The van der Waals surface area contributed by atoms with Crippen LogP contribution in [0.3, 0.4) is 0 Å². The maximum Gasteiger partial charge on any atom is 0.234 e. The number of carbonyl (C=O) groups excluding carboxylic acids is 1. The van der Waals surface area contributed by atoms with Gasteiger partial charge in [0, 0.05) is 22.2 Å². The van der Waals surface area contributed by atoms with E-state index in [4.69, 9.17) is 9.47 Å². The number of anilines is 1. The maximum atomic E-state index is 12.2. The molecule has 0 atom stereocenters. The molecule has 0 unspecified atom stereocenters. The number of aryl methyl sites for hydroxylation is 2. The van der Waals surface area contributed by atoms with E-state index in [1.54, 1.807) is 18.9 Å². The van der Waals surface area contributed by atoms with Crippen molar-refractivity contribution in [1.82, 2.24) is 0 Å². The van der Waals surface area contributed by atoms with Gasteiger partial charge in [0.1, 0.15) is 12.4 Å². The molecule has 0 spiro atoms. The van der Waals surface area contributed by atoms with Crippen molar-refractivity contribution in [3.63, 3.8) is 0 Å². The number of carbonyl (C=O) groups is 1. The van der Waals surface area contributed by atoms with Crippen molar-refractivity contribution in [2.45, 2.75) is 18.7 Å². The maximum absolute atomic E-state index is 12.2. The number of halogens is 1. The van der Waals surface area contributed by atoms with Gasteiger partial charge < -0.3 is 14.8 Å². The fourth-order valence-corrected chi connectivity index (χ4v) is 3.49. The molecular weight excluding hydrogens is 402 g/mol. The van der Waals surface area contributed by atoms with Crippen LogP contribution in [0.25, 0.3) is 0 Å². The van der Waals surface area contributed by atoms with E-state index in [1.807, 2.05) is 38.1 Å². The first kappa shape index (κ1) is 19.8. The Morgan fingerprint density at radius 1 is 1.12 bits per heavy atom. The Balaban J connectivity index is 1.85. The minimum absolute atomic E-state index is 0.0296. The number of benzene rings is 2. The lowest BCUT2D eigenvalue weighted by Crippen LogP contribution is -2.14. The second kappa shape index (κ2) is 9.85. The standard InChI is InChI=1S/C19H22BrNO3S/c1-13-11-18(14(2)10-17(13)20)25-12-19(22)21-15-4-6-16(7-5-15)24-9-8-23-3/h4-7,10-11H,8-9,12H2,1-3H3,(H,21,22). The average Bonchev–Trinajstić information content (AvgIpc) is 2.59. The van der Waals surface area contributed by atoms with Gasteiger partial charge in [-0.3, -0.25) is 4.79 Å². The zero-order valence-corrected chi connectivity index (χ0v) is 17.0. The minimum atomic E-state index is -0.0296. The number of rotatable bonds is 8. The van der Waals surface area contributed by atoms with Crippen molar-refractivity contribution >= 4 is 39.3 Å². The lowest BCUT2D eigenvalue weighted by Gasteiger charge is -2.10. The van der Waals surface area contributed by atoms with Gasteiger partial charge in [0.25, 0.3) is 0 Å². The van der Waals surface area contributed by atoms with Crippen LogP contribution in [0.15, 0.2) is 45.8 Å². The lowest BCUT2D eigenvalue weighted by molar-refractivity contribution is -0.113. The van der Waals surface area contributed by atoms with Gasteiger partial charge in [0.2, 0.25) is 5.91 Å².